The van der Waals surface area contributed by atoms with E-state index >= 15 is 0 Å². The molecule has 1 aliphatic rings. The van der Waals surface area contributed by atoms with E-state index < -0.39 is 4.92 Å². The van der Waals surface area contributed by atoms with Gasteiger partial charge >= 0.3 is 5.69 Å². The fourth-order valence-corrected chi connectivity index (χ4v) is 3.24. The number of hydrogen-bond donors (Lipinski definition) is 2. The van der Waals surface area contributed by atoms with Crippen LogP contribution in [0.4, 0.5) is 29.0 Å². The molecule has 1 fully saturated rings. The van der Waals surface area contributed by atoms with Crippen LogP contribution in [0.1, 0.15) is 30.9 Å². The molecule has 26 heavy (non-hydrogen) atoms. The number of piperidine rings is 1. The van der Waals surface area contributed by atoms with Gasteiger partial charge < -0.3 is 16.0 Å². The highest BCUT2D eigenvalue weighted by atomic mass is 16.6. The summed E-state index contributed by atoms with van der Waals surface area (Å²) in [4.78, 5) is 21.5. The van der Waals surface area contributed by atoms with Crippen LogP contribution in [-0.2, 0) is 0 Å². The largest absolute Gasteiger partial charge is 0.378 e. The van der Waals surface area contributed by atoms with Gasteiger partial charge in [-0.3, -0.25) is 10.1 Å². The summed E-state index contributed by atoms with van der Waals surface area (Å²) in [5.74, 6) is 0.894. The number of benzene rings is 1. The number of rotatable bonds is 4. The van der Waals surface area contributed by atoms with Gasteiger partial charge in [0.2, 0.25) is 17.6 Å². The van der Waals surface area contributed by atoms with Gasteiger partial charge in [-0.15, -0.1) is 0 Å². The zero-order valence-corrected chi connectivity index (χ0v) is 15.3. The van der Waals surface area contributed by atoms with Gasteiger partial charge in [0.25, 0.3) is 0 Å². The molecule has 1 aromatic carbocycles. The number of anilines is 4. The summed E-state index contributed by atoms with van der Waals surface area (Å²) in [6.07, 6.45) is 2.08. The predicted molar refractivity (Wildman–Crippen MR) is 103 cm³/mol. The zero-order valence-electron chi connectivity index (χ0n) is 15.3. The molecule has 1 aromatic heterocycles. The van der Waals surface area contributed by atoms with Crippen molar-refractivity contribution in [3.8, 4) is 0 Å². The maximum Gasteiger partial charge on any atom is 0.353 e. The number of nitrogens with zero attached hydrogens (tertiary/aromatic N) is 4. The molecule has 1 saturated heterocycles. The fraction of sp³-hybridized carbons (Fsp3) is 0.444. The molecule has 0 saturated carbocycles. The van der Waals surface area contributed by atoms with Gasteiger partial charge in [0.05, 0.1) is 4.92 Å². The van der Waals surface area contributed by atoms with E-state index in [4.69, 9.17) is 5.73 Å². The normalized spacial score (nSPS) is 17.2. The van der Waals surface area contributed by atoms with E-state index in [0.29, 0.717) is 11.7 Å². The third kappa shape index (κ3) is 3.68. The molecule has 0 unspecified atom stereocenters. The highest BCUT2D eigenvalue weighted by Crippen LogP contribution is 2.35. The van der Waals surface area contributed by atoms with Crippen LogP contribution >= 0.6 is 0 Å². The Morgan fingerprint density at radius 1 is 1.31 bits per heavy atom. The SMILES string of the molecule is Cc1ccc(Nc2nc(N)c([N+](=O)[O-])c(N3CCC[C@@H](C)C3)n2)cc1C. The first-order chi connectivity index (χ1) is 12.3. The van der Waals surface area contributed by atoms with Crippen molar-refractivity contribution < 1.29 is 4.92 Å². The van der Waals surface area contributed by atoms with E-state index in [2.05, 4.69) is 22.2 Å². The topological polar surface area (TPSA) is 110 Å². The molecule has 0 bridgehead atoms. The van der Waals surface area contributed by atoms with Crippen molar-refractivity contribution in [1.29, 1.82) is 0 Å². The lowest BCUT2D eigenvalue weighted by Crippen LogP contribution is -2.35. The number of aromatic nitrogens is 2. The molecule has 3 rings (SSSR count). The molecule has 8 nitrogen and oxygen atoms in total. The third-order valence-corrected chi connectivity index (χ3v) is 4.79. The van der Waals surface area contributed by atoms with E-state index in [9.17, 15) is 10.1 Å². The number of aryl methyl sites for hydroxylation is 2. The minimum atomic E-state index is -0.496. The van der Waals surface area contributed by atoms with Crippen LogP contribution in [0.25, 0.3) is 0 Å². The van der Waals surface area contributed by atoms with E-state index in [0.717, 1.165) is 37.2 Å². The first kappa shape index (κ1) is 17.9. The smallest absolute Gasteiger partial charge is 0.353 e. The maximum atomic E-state index is 11.5. The fourth-order valence-electron chi connectivity index (χ4n) is 3.24. The molecule has 2 aromatic rings. The number of nitro groups is 1. The molecule has 8 heteroatoms. The molecule has 3 N–H and O–H groups in total. The Kier molecular flexibility index (Phi) is 4.92. The van der Waals surface area contributed by atoms with E-state index in [-0.39, 0.29) is 17.5 Å². The van der Waals surface area contributed by atoms with E-state index in [1.54, 1.807) is 0 Å². The van der Waals surface area contributed by atoms with Crippen LogP contribution in [-0.4, -0.2) is 28.0 Å². The van der Waals surface area contributed by atoms with Crippen LogP contribution < -0.4 is 16.0 Å². The van der Waals surface area contributed by atoms with Crippen molar-refractivity contribution in [3.63, 3.8) is 0 Å². The maximum absolute atomic E-state index is 11.5. The quantitative estimate of drug-likeness (QED) is 0.636. The van der Waals surface area contributed by atoms with E-state index in [1.165, 1.54) is 5.56 Å². The Morgan fingerprint density at radius 2 is 2.08 bits per heavy atom. The van der Waals surface area contributed by atoms with Gasteiger partial charge in [0.1, 0.15) is 0 Å². The summed E-state index contributed by atoms with van der Waals surface area (Å²) in [5.41, 5.74) is 8.83. The van der Waals surface area contributed by atoms with Crippen molar-refractivity contribution in [1.82, 2.24) is 9.97 Å². The minimum Gasteiger partial charge on any atom is -0.378 e. The Balaban J connectivity index is 1.99. The first-order valence-electron chi connectivity index (χ1n) is 8.76. The number of nitrogen functional groups attached to an aromatic ring is 1. The number of nitrogens with one attached hydrogen (secondary N) is 1. The second-order valence-electron chi connectivity index (χ2n) is 6.98. The number of hydrogen-bond acceptors (Lipinski definition) is 7. The van der Waals surface area contributed by atoms with E-state index in [1.807, 2.05) is 36.9 Å². The average molecular weight is 356 g/mol. The molecule has 0 spiro atoms. The molecule has 2 heterocycles. The van der Waals surface area contributed by atoms with Gasteiger partial charge in [0, 0.05) is 18.8 Å². The predicted octanol–water partition coefficient (Wildman–Crippen LogP) is 3.56. The van der Waals surface area contributed by atoms with Crippen LogP contribution in [0.3, 0.4) is 0 Å². The van der Waals surface area contributed by atoms with Gasteiger partial charge in [-0.05, 0) is 55.9 Å². The second-order valence-corrected chi connectivity index (χ2v) is 6.98. The Morgan fingerprint density at radius 3 is 2.73 bits per heavy atom. The standard InChI is InChI=1S/C18H24N6O2/c1-11-5-4-8-23(10-11)17-15(24(25)26)16(19)21-18(22-17)20-14-7-6-12(2)13(3)9-14/h6-7,9,11H,4-5,8,10H2,1-3H3,(H3,19,20,21,22)/t11-/m1/s1. The van der Waals surface area contributed by atoms with Crippen molar-refractivity contribution in [3.05, 3.63) is 39.4 Å². The molecule has 1 aliphatic heterocycles. The van der Waals surface area contributed by atoms with Crippen molar-refractivity contribution in [2.45, 2.75) is 33.6 Å². The summed E-state index contributed by atoms with van der Waals surface area (Å²) >= 11 is 0. The minimum absolute atomic E-state index is 0.121. The average Bonchev–Trinajstić information content (AvgIpc) is 2.57. The number of nitrogens with two attached hydrogens (primary N) is 1. The van der Waals surface area contributed by atoms with Crippen LogP contribution in [0.2, 0.25) is 0 Å². The Bertz CT molecular complexity index is 839. The Hall–Kier alpha value is -2.90. The lowest BCUT2D eigenvalue weighted by atomic mass is 10.0. The van der Waals surface area contributed by atoms with Gasteiger partial charge in [-0.2, -0.15) is 9.97 Å². The molecule has 1 atom stereocenters. The molecule has 0 radical (unpaired) electrons. The summed E-state index contributed by atoms with van der Waals surface area (Å²) in [7, 11) is 0. The highest BCUT2D eigenvalue weighted by molar-refractivity contribution is 5.72. The van der Waals surface area contributed by atoms with Crippen LogP contribution in [0.5, 0.6) is 0 Å². The van der Waals surface area contributed by atoms with Gasteiger partial charge in [-0.1, -0.05) is 13.0 Å². The third-order valence-electron chi connectivity index (χ3n) is 4.79. The highest BCUT2D eigenvalue weighted by Gasteiger charge is 2.29. The Labute approximate surface area is 152 Å². The summed E-state index contributed by atoms with van der Waals surface area (Å²) in [5, 5.41) is 14.6. The summed E-state index contributed by atoms with van der Waals surface area (Å²) in [6, 6.07) is 5.91. The van der Waals surface area contributed by atoms with Crippen molar-refractivity contribution >= 4 is 29.0 Å². The molecule has 0 aliphatic carbocycles. The lowest BCUT2D eigenvalue weighted by molar-refractivity contribution is -0.383. The monoisotopic (exact) mass is 356 g/mol. The van der Waals surface area contributed by atoms with Crippen molar-refractivity contribution in [2.24, 2.45) is 5.92 Å². The molecular formula is C18H24N6O2. The van der Waals surface area contributed by atoms with Gasteiger partial charge in [-0.25, -0.2) is 0 Å². The lowest BCUT2D eigenvalue weighted by Gasteiger charge is -2.31. The molecule has 138 valence electrons. The van der Waals surface area contributed by atoms with Crippen LogP contribution in [0, 0.1) is 29.9 Å². The molecule has 0 amide bonds. The summed E-state index contributed by atoms with van der Waals surface area (Å²) < 4.78 is 0. The molecular weight excluding hydrogens is 332 g/mol. The summed E-state index contributed by atoms with van der Waals surface area (Å²) in [6.45, 7) is 7.64. The van der Waals surface area contributed by atoms with Crippen molar-refractivity contribution in [2.75, 3.05) is 29.0 Å². The zero-order chi connectivity index (χ0) is 18.8. The first-order valence-corrected chi connectivity index (χ1v) is 8.76. The van der Waals surface area contributed by atoms with Crippen LogP contribution in [0.15, 0.2) is 18.2 Å². The second kappa shape index (κ2) is 7.15. The van der Waals surface area contributed by atoms with Gasteiger partial charge in [0.15, 0.2) is 0 Å².